The Labute approximate surface area is 266 Å². The van der Waals surface area contributed by atoms with Gasteiger partial charge < -0.3 is 26.2 Å². The Kier molecular flexibility index (Phi) is 7.84. The highest BCUT2D eigenvalue weighted by Crippen LogP contribution is 2.53. The van der Waals surface area contributed by atoms with E-state index in [0.717, 1.165) is 23.2 Å². The van der Waals surface area contributed by atoms with Crippen molar-refractivity contribution >= 4 is 17.5 Å². The number of fused-ring (bicyclic) bond motifs is 3. The number of phenols is 1. The maximum Gasteiger partial charge on any atom is 0.255 e. The van der Waals surface area contributed by atoms with E-state index in [2.05, 4.69) is 23.1 Å². The molecule has 0 fully saturated rings. The summed E-state index contributed by atoms with van der Waals surface area (Å²) in [7, 11) is 5.25. The number of aromatic hydroxyl groups is 1. The van der Waals surface area contributed by atoms with Gasteiger partial charge in [-0.05, 0) is 79.9 Å². The van der Waals surface area contributed by atoms with Crippen molar-refractivity contribution < 1.29 is 34.8 Å². The number of carbonyl (C=O) groups excluding carboxylic acids is 3. The molecule has 46 heavy (non-hydrogen) atoms. The normalized spacial score (nSPS) is 24.3. The summed E-state index contributed by atoms with van der Waals surface area (Å²) in [4.78, 5) is 43.6. The van der Waals surface area contributed by atoms with Crippen LogP contribution in [0.25, 0.3) is 11.1 Å². The Morgan fingerprint density at radius 1 is 0.935 bits per heavy atom. The van der Waals surface area contributed by atoms with E-state index in [1.807, 2.05) is 43.4 Å². The van der Waals surface area contributed by atoms with Crippen LogP contribution >= 0.6 is 0 Å². The summed E-state index contributed by atoms with van der Waals surface area (Å²) in [5.41, 5.74) is 6.18. The zero-order chi connectivity index (χ0) is 33.1. The second kappa shape index (κ2) is 11.5. The Morgan fingerprint density at radius 2 is 1.61 bits per heavy atom. The number of primary amides is 1. The van der Waals surface area contributed by atoms with Crippen LogP contribution in [0.5, 0.6) is 5.75 Å². The van der Waals surface area contributed by atoms with Crippen LogP contribution in [0.3, 0.4) is 0 Å². The fourth-order valence-electron chi connectivity index (χ4n) is 7.62. The Morgan fingerprint density at radius 3 is 2.28 bits per heavy atom. The third-order valence-corrected chi connectivity index (χ3v) is 9.59. The molecule has 3 aliphatic rings. The van der Waals surface area contributed by atoms with Gasteiger partial charge >= 0.3 is 0 Å². The first-order valence-corrected chi connectivity index (χ1v) is 15.2. The highest BCUT2D eigenvalue weighted by Gasteiger charge is 2.63. The number of rotatable bonds is 7. The number of aliphatic hydroxyl groups excluding tert-OH is 2. The minimum absolute atomic E-state index is 0.00937. The van der Waals surface area contributed by atoms with E-state index in [9.17, 15) is 34.8 Å². The van der Waals surface area contributed by atoms with Crippen LogP contribution in [0, 0.1) is 11.8 Å². The van der Waals surface area contributed by atoms with Gasteiger partial charge in [-0.25, -0.2) is 0 Å². The Hall–Kier alpha value is -4.77. The van der Waals surface area contributed by atoms with Gasteiger partial charge in [0.15, 0.2) is 11.4 Å². The zero-order valence-corrected chi connectivity index (χ0v) is 25.9. The fourth-order valence-corrected chi connectivity index (χ4v) is 7.62. The summed E-state index contributed by atoms with van der Waals surface area (Å²) in [6, 6.07) is 20.3. The standard InChI is InChI=1S/C36H37N3O7/c1-38(2)30-25-16-22-15-24-23(21-11-7-10-20(14-21)18-39(3)17-19-8-5-4-6-9-19)12-13-26(40)28(24)31(41)27(22)33(43)36(25,46)34(44)29(32(30)42)35(37)45/h4-14,22,25,30,40,42-43,46H,15-18H2,1-3H3,(H2,37,45)/t22-,25-,30-,36-/m0/s1. The predicted octanol–water partition coefficient (Wildman–Crippen LogP) is 3.42. The molecule has 0 radical (unpaired) electrons. The average molecular weight is 624 g/mol. The van der Waals surface area contributed by atoms with E-state index in [1.165, 1.54) is 16.5 Å². The molecule has 3 aliphatic carbocycles. The van der Waals surface area contributed by atoms with Gasteiger partial charge in [0, 0.05) is 24.6 Å². The molecular formula is C36H37N3O7. The van der Waals surface area contributed by atoms with E-state index in [1.54, 1.807) is 20.2 Å². The molecule has 10 heteroatoms. The monoisotopic (exact) mass is 623 g/mol. The van der Waals surface area contributed by atoms with Gasteiger partial charge in [-0.15, -0.1) is 0 Å². The smallest absolute Gasteiger partial charge is 0.255 e. The van der Waals surface area contributed by atoms with Crippen molar-refractivity contribution in [2.75, 3.05) is 21.1 Å². The Balaban J connectivity index is 1.40. The topological polar surface area (TPSA) is 165 Å². The van der Waals surface area contributed by atoms with E-state index < -0.39 is 58.0 Å². The molecule has 3 aromatic rings. The van der Waals surface area contributed by atoms with Crippen LogP contribution in [-0.4, -0.2) is 80.5 Å². The molecular weight excluding hydrogens is 586 g/mol. The Bertz CT molecular complexity index is 1830. The van der Waals surface area contributed by atoms with E-state index in [-0.39, 0.29) is 29.7 Å². The first-order valence-electron chi connectivity index (χ1n) is 15.2. The molecule has 10 nitrogen and oxygen atoms in total. The zero-order valence-electron chi connectivity index (χ0n) is 25.9. The quantitative estimate of drug-likeness (QED) is 0.248. The first kappa shape index (κ1) is 31.2. The summed E-state index contributed by atoms with van der Waals surface area (Å²) in [6.07, 6.45) is 0.252. The molecule has 0 spiro atoms. The minimum Gasteiger partial charge on any atom is -0.510 e. The lowest BCUT2D eigenvalue weighted by molar-refractivity contribution is -0.148. The third kappa shape index (κ3) is 4.89. The number of hydrogen-bond acceptors (Lipinski definition) is 9. The average Bonchev–Trinajstić information content (AvgIpc) is 2.99. The van der Waals surface area contributed by atoms with Crippen LogP contribution in [0.15, 0.2) is 89.4 Å². The number of phenolic OH excluding ortho intramolecular Hbond substituents is 1. The number of amides is 1. The largest absolute Gasteiger partial charge is 0.510 e. The van der Waals surface area contributed by atoms with Gasteiger partial charge in [-0.1, -0.05) is 54.6 Å². The summed E-state index contributed by atoms with van der Waals surface area (Å²) < 4.78 is 0. The van der Waals surface area contributed by atoms with Gasteiger partial charge in [0.2, 0.25) is 5.78 Å². The highest BCUT2D eigenvalue weighted by atomic mass is 16.3. The predicted molar refractivity (Wildman–Crippen MR) is 171 cm³/mol. The van der Waals surface area contributed by atoms with Crippen LogP contribution in [0.2, 0.25) is 0 Å². The van der Waals surface area contributed by atoms with E-state index >= 15 is 0 Å². The van der Waals surface area contributed by atoms with Crippen molar-refractivity contribution in [3.63, 3.8) is 0 Å². The molecule has 6 N–H and O–H groups in total. The van der Waals surface area contributed by atoms with Crippen molar-refractivity contribution in [3.8, 4) is 16.9 Å². The van der Waals surface area contributed by atoms with Gasteiger partial charge in [0.1, 0.15) is 22.8 Å². The number of Topliss-reactive ketones (excluding diaryl/α,β-unsaturated/α-hetero) is 2. The van der Waals surface area contributed by atoms with Gasteiger partial charge in [-0.2, -0.15) is 0 Å². The van der Waals surface area contributed by atoms with Crippen LogP contribution in [-0.2, 0) is 29.1 Å². The van der Waals surface area contributed by atoms with E-state index in [0.29, 0.717) is 12.1 Å². The SMILES string of the molecule is CN(Cc1ccccc1)Cc1cccc(-c2ccc(O)c3c2C[C@H]2C[C@H]4[C@H](N(C)C)C(O)=C(C(N)=O)C(=O)[C@@]4(O)C(O)=C2C3=O)c1. The number of nitrogens with zero attached hydrogens (tertiary/aromatic N) is 2. The van der Waals surface area contributed by atoms with E-state index in [4.69, 9.17) is 5.73 Å². The molecule has 0 unspecified atom stereocenters. The number of allylic oxidation sites excluding steroid dienone is 1. The summed E-state index contributed by atoms with van der Waals surface area (Å²) >= 11 is 0. The number of carbonyl (C=O) groups is 3. The second-order valence-electron chi connectivity index (χ2n) is 12.8. The highest BCUT2D eigenvalue weighted by molar-refractivity contribution is 6.24. The van der Waals surface area contributed by atoms with Crippen molar-refractivity contribution in [3.05, 3.63) is 112 Å². The van der Waals surface area contributed by atoms with Gasteiger partial charge in [0.25, 0.3) is 5.91 Å². The van der Waals surface area contributed by atoms with Crippen LogP contribution in [0.1, 0.15) is 33.5 Å². The molecule has 1 amide bonds. The van der Waals surface area contributed by atoms with Crippen molar-refractivity contribution in [2.45, 2.75) is 37.6 Å². The van der Waals surface area contributed by atoms with Crippen molar-refractivity contribution in [1.29, 1.82) is 0 Å². The molecule has 0 saturated carbocycles. The molecule has 238 valence electrons. The lowest BCUT2D eigenvalue weighted by Crippen LogP contribution is -2.63. The number of likely N-dealkylation sites (N-methyl/N-ethyl adjacent to an activating group) is 1. The molecule has 4 atom stereocenters. The fraction of sp³-hybridized carbons (Fsp3) is 0.306. The van der Waals surface area contributed by atoms with Crippen molar-refractivity contribution in [2.24, 2.45) is 17.6 Å². The second-order valence-corrected chi connectivity index (χ2v) is 12.8. The first-order chi connectivity index (χ1) is 21.8. The van der Waals surface area contributed by atoms with Crippen LogP contribution in [0.4, 0.5) is 0 Å². The molecule has 0 saturated heterocycles. The molecule has 0 aliphatic heterocycles. The third-order valence-electron chi connectivity index (χ3n) is 9.59. The number of aliphatic hydroxyl groups is 3. The maximum atomic E-state index is 14.1. The number of benzene rings is 3. The van der Waals surface area contributed by atoms with Crippen molar-refractivity contribution in [1.82, 2.24) is 9.80 Å². The molecule has 6 rings (SSSR count). The lowest BCUT2D eigenvalue weighted by atomic mass is 9.58. The maximum absolute atomic E-state index is 14.1. The lowest BCUT2D eigenvalue weighted by Gasteiger charge is -2.50. The van der Waals surface area contributed by atoms with Gasteiger partial charge in [0.05, 0.1) is 11.6 Å². The van der Waals surface area contributed by atoms with Gasteiger partial charge in [-0.3, -0.25) is 24.2 Å². The van der Waals surface area contributed by atoms with Crippen LogP contribution < -0.4 is 5.73 Å². The number of hydrogen-bond donors (Lipinski definition) is 5. The minimum atomic E-state index is -2.67. The summed E-state index contributed by atoms with van der Waals surface area (Å²) in [5, 5.41) is 45.3. The molecule has 0 heterocycles. The molecule has 3 aromatic carbocycles. The molecule has 0 bridgehead atoms. The summed E-state index contributed by atoms with van der Waals surface area (Å²) in [5.74, 6) is -6.69. The molecule has 0 aromatic heterocycles. The summed E-state index contributed by atoms with van der Waals surface area (Å²) in [6.45, 7) is 1.44. The number of ketones is 2. The number of nitrogens with two attached hydrogens (primary N) is 1.